The van der Waals surface area contributed by atoms with Crippen molar-refractivity contribution >= 4 is 51.4 Å². The number of urea groups is 1. The summed E-state index contributed by atoms with van der Waals surface area (Å²) in [6.07, 6.45) is 0. The summed E-state index contributed by atoms with van der Waals surface area (Å²) in [4.78, 5) is 41.0. The quantitative estimate of drug-likeness (QED) is 0.434. The molecule has 166 valence electrons. The number of nitrogens with zero attached hydrogens (tertiary/aromatic N) is 1. The number of hydrogen-bond acceptors (Lipinski definition) is 6. The summed E-state index contributed by atoms with van der Waals surface area (Å²) in [5.41, 5.74) is 3.05. The molecule has 0 saturated carbocycles. The molecule has 0 fully saturated rings. The lowest BCUT2D eigenvalue weighted by Crippen LogP contribution is -2.19. The summed E-state index contributed by atoms with van der Waals surface area (Å²) in [7, 11) is 1.48. The number of rotatable bonds is 6. The number of aryl methyl sites for hydroxylation is 2. The van der Waals surface area contributed by atoms with Gasteiger partial charge >= 0.3 is 6.03 Å². The normalized spacial score (nSPS) is 10.2. The van der Waals surface area contributed by atoms with E-state index in [0.717, 1.165) is 16.9 Å². The Balaban J connectivity index is 1.72. The Labute approximate surface area is 189 Å². The monoisotopic (exact) mass is 453 g/mol. The van der Waals surface area contributed by atoms with Crippen LogP contribution in [-0.4, -0.2) is 29.9 Å². The molecule has 0 bridgehead atoms. The van der Waals surface area contributed by atoms with Gasteiger partial charge in [-0.05, 0) is 49.7 Å². The molecule has 10 heteroatoms. The number of ether oxygens (including phenoxy) is 1. The molecule has 3 rings (SSSR count). The average Bonchev–Trinajstić information content (AvgIpc) is 3.07. The SMILES string of the molecule is COc1ccc(NC(C)=O)cc1NC(=O)c1sc(NC(=O)Nc2cccc(C)c2)nc1C. The minimum absolute atomic E-state index is 0.231. The average molecular weight is 454 g/mol. The second-order valence-electron chi connectivity index (χ2n) is 6.93. The van der Waals surface area contributed by atoms with Crippen LogP contribution in [0, 0.1) is 13.8 Å². The third kappa shape index (κ3) is 5.82. The molecule has 0 unspecified atom stereocenters. The highest BCUT2D eigenvalue weighted by Gasteiger charge is 2.18. The number of methoxy groups -OCH3 is 1. The maximum Gasteiger partial charge on any atom is 0.325 e. The fraction of sp³-hybridized carbons (Fsp3) is 0.182. The van der Waals surface area contributed by atoms with E-state index in [1.165, 1.54) is 14.0 Å². The van der Waals surface area contributed by atoms with Crippen LogP contribution in [0.1, 0.15) is 27.9 Å². The number of amides is 4. The van der Waals surface area contributed by atoms with E-state index in [1.807, 2.05) is 25.1 Å². The van der Waals surface area contributed by atoms with Crippen LogP contribution in [-0.2, 0) is 4.79 Å². The molecule has 1 aromatic heterocycles. The number of nitrogens with one attached hydrogen (secondary N) is 4. The van der Waals surface area contributed by atoms with Crippen molar-refractivity contribution in [2.45, 2.75) is 20.8 Å². The Hall–Kier alpha value is -3.92. The van der Waals surface area contributed by atoms with Crippen molar-refractivity contribution in [3.63, 3.8) is 0 Å². The van der Waals surface area contributed by atoms with E-state index in [-0.39, 0.29) is 11.0 Å². The molecule has 4 amide bonds. The van der Waals surface area contributed by atoms with Gasteiger partial charge in [-0.25, -0.2) is 9.78 Å². The molecule has 0 atom stereocenters. The first-order chi connectivity index (χ1) is 15.2. The van der Waals surface area contributed by atoms with Crippen LogP contribution in [0.15, 0.2) is 42.5 Å². The summed E-state index contributed by atoms with van der Waals surface area (Å²) >= 11 is 1.05. The molecule has 0 saturated heterocycles. The number of thiazole rings is 1. The molecule has 32 heavy (non-hydrogen) atoms. The standard InChI is InChI=1S/C22H23N5O4S/c1-12-6-5-7-15(10-12)25-21(30)27-22-23-13(2)19(32-22)20(29)26-17-11-16(24-14(3)28)8-9-18(17)31-4/h5-11H,1-4H3,(H,24,28)(H,26,29)(H2,23,25,27,30). The van der Waals surface area contributed by atoms with Crippen LogP contribution in [0.2, 0.25) is 0 Å². The van der Waals surface area contributed by atoms with Crippen LogP contribution < -0.4 is 26.0 Å². The van der Waals surface area contributed by atoms with Crippen molar-refractivity contribution in [1.82, 2.24) is 4.98 Å². The van der Waals surface area contributed by atoms with Gasteiger partial charge in [-0.3, -0.25) is 14.9 Å². The molecule has 4 N–H and O–H groups in total. The zero-order valence-electron chi connectivity index (χ0n) is 18.0. The van der Waals surface area contributed by atoms with Crippen molar-refractivity contribution in [2.24, 2.45) is 0 Å². The third-order valence-electron chi connectivity index (χ3n) is 4.27. The minimum Gasteiger partial charge on any atom is -0.495 e. The molecule has 0 aliphatic heterocycles. The van der Waals surface area contributed by atoms with E-state index < -0.39 is 11.9 Å². The number of carbonyl (C=O) groups excluding carboxylic acids is 3. The largest absolute Gasteiger partial charge is 0.495 e. The van der Waals surface area contributed by atoms with Gasteiger partial charge in [0.2, 0.25) is 5.91 Å². The Morgan fingerprint density at radius 1 is 0.938 bits per heavy atom. The predicted octanol–water partition coefficient (Wildman–Crippen LogP) is 4.62. The third-order valence-corrected chi connectivity index (χ3v) is 5.34. The summed E-state index contributed by atoms with van der Waals surface area (Å²) in [5, 5.41) is 11.1. The van der Waals surface area contributed by atoms with Crippen LogP contribution >= 0.6 is 11.3 Å². The van der Waals surface area contributed by atoms with Crippen LogP contribution in [0.25, 0.3) is 0 Å². The fourth-order valence-corrected chi connectivity index (χ4v) is 3.77. The van der Waals surface area contributed by atoms with Crippen LogP contribution in [0.5, 0.6) is 5.75 Å². The van der Waals surface area contributed by atoms with Gasteiger partial charge in [0, 0.05) is 18.3 Å². The van der Waals surface area contributed by atoms with E-state index in [4.69, 9.17) is 4.74 Å². The van der Waals surface area contributed by atoms with E-state index in [0.29, 0.717) is 33.4 Å². The van der Waals surface area contributed by atoms with Gasteiger partial charge in [0.05, 0.1) is 18.5 Å². The number of carbonyl (C=O) groups is 3. The number of benzene rings is 2. The maximum absolute atomic E-state index is 12.9. The Bertz CT molecular complexity index is 1170. The van der Waals surface area contributed by atoms with Gasteiger partial charge in [-0.2, -0.15) is 0 Å². The second-order valence-corrected chi connectivity index (χ2v) is 7.93. The summed E-state index contributed by atoms with van der Waals surface area (Å²) in [6, 6.07) is 11.8. The van der Waals surface area contributed by atoms with Crippen molar-refractivity contribution in [3.05, 3.63) is 58.6 Å². The summed E-state index contributed by atoms with van der Waals surface area (Å²) in [6.45, 7) is 5.01. The Kier molecular flexibility index (Phi) is 7.06. The van der Waals surface area contributed by atoms with E-state index in [1.54, 1.807) is 31.2 Å². The first-order valence-electron chi connectivity index (χ1n) is 9.64. The Morgan fingerprint density at radius 3 is 2.38 bits per heavy atom. The van der Waals surface area contributed by atoms with Crippen LogP contribution in [0.4, 0.5) is 27.0 Å². The highest BCUT2D eigenvalue weighted by atomic mass is 32.1. The molecule has 0 aliphatic carbocycles. The molecular weight excluding hydrogens is 430 g/mol. The van der Waals surface area contributed by atoms with Crippen molar-refractivity contribution < 1.29 is 19.1 Å². The number of hydrogen-bond donors (Lipinski definition) is 4. The van der Waals surface area contributed by atoms with E-state index in [2.05, 4.69) is 26.3 Å². The highest BCUT2D eigenvalue weighted by Crippen LogP contribution is 2.30. The molecule has 1 heterocycles. The number of anilines is 4. The first-order valence-corrected chi connectivity index (χ1v) is 10.5. The first kappa shape index (κ1) is 22.8. The predicted molar refractivity (Wildman–Crippen MR) is 126 cm³/mol. The topological polar surface area (TPSA) is 121 Å². The zero-order valence-corrected chi connectivity index (χ0v) is 18.8. The second kappa shape index (κ2) is 9.92. The van der Waals surface area contributed by atoms with Gasteiger partial charge in [0.25, 0.3) is 5.91 Å². The fourth-order valence-electron chi connectivity index (χ4n) is 2.91. The molecule has 3 aromatic rings. The lowest BCUT2D eigenvalue weighted by atomic mass is 10.2. The summed E-state index contributed by atoms with van der Waals surface area (Å²) < 4.78 is 5.29. The molecular formula is C22H23N5O4S. The Morgan fingerprint density at radius 2 is 1.69 bits per heavy atom. The van der Waals surface area contributed by atoms with Gasteiger partial charge in [-0.15, -0.1) is 0 Å². The van der Waals surface area contributed by atoms with Crippen molar-refractivity contribution in [1.29, 1.82) is 0 Å². The number of aromatic nitrogens is 1. The zero-order chi connectivity index (χ0) is 23.3. The molecule has 0 spiro atoms. The summed E-state index contributed by atoms with van der Waals surface area (Å²) in [5.74, 6) is -0.207. The molecule has 0 aliphatic rings. The van der Waals surface area contributed by atoms with Crippen molar-refractivity contribution in [2.75, 3.05) is 28.4 Å². The van der Waals surface area contributed by atoms with Gasteiger partial charge < -0.3 is 20.7 Å². The van der Waals surface area contributed by atoms with Gasteiger partial charge in [-0.1, -0.05) is 23.5 Å². The smallest absolute Gasteiger partial charge is 0.325 e. The minimum atomic E-state index is -0.457. The van der Waals surface area contributed by atoms with Gasteiger partial charge in [0.15, 0.2) is 5.13 Å². The molecule has 2 aromatic carbocycles. The van der Waals surface area contributed by atoms with Crippen molar-refractivity contribution in [3.8, 4) is 5.75 Å². The lowest BCUT2D eigenvalue weighted by molar-refractivity contribution is -0.114. The van der Waals surface area contributed by atoms with Crippen LogP contribution in [0.3, 0.4) is 0 Å². The maximum atomic E-state index is 12.9. The lowest BCUT2D eigenvalue weighted by Gasteiger charge is -2.12. The van der Waals surface area contributed by atoms with Gasteiger partial charge in [0.1, 0.15) is 10.6 Å². The molecule has 0 radical (unpaired) electrons. The van der Waals surface area contributed by atoms with E-state index >= 15 is 0 Å². The molecule has 9 nitrogen and oxygen atoms in total. The highest BCUT2D eigenvalue weighted by molar-refractivity contribution is 7.17. The van der Waals surface area contributed by atoms with E-state index in [9.17, 15) is 14.4 Å².